The van der Waals surface area contributed by atoms with Crippen LogP contribution < -0.4 is 10.6 Å². The van der Waals surface area contributed by atoms with Gasteiger partial charge in [-0.1, -0.05) is 36.0 Å². The lowest BCUT2D eigenvalue weighted by Gasteiger charge is -2.42. The molecule has 1 fully saturated rings. The maximum atomic E-state index is 13.5. The number of alkyl halides is 3. The van der Waals surface area contributed by atoms with Gasteiger partial charge in [0, 0.05) is 42.6 Å². The molecule has 2 N–H and O–H groups in total. The van der Waals surface area contributed by atoms with Gasteiger partial charge < -0.3 is 10.6 Å². The highest BCUT2D eigenvalue weighted by Crippen LogP contribution is 2.51. The van der Waals surface area contributed by atoms with E-state index >= 15 is 0 Å². The maximum absolute atomic E-state index is 13.5. The van der Waals surface area contributed by atoms with Gasteiger partial charge in [-0.3, -0.25) is 9.38 Å². The van der Waals surface area contributed by atoms with Crippen LogP contribution in [0, 0.1) is 12.3 Å². The first-order valence-corrected chi connectivity index (χ1v) is 12.7. The minimum absolute atomic E-state index is 0.0277. The number of nitrogens with zero attached hydrogens (tertiary/aromatic N) is 5. The Kier molecular flexibility index (Phi) is 5.49. The number of benzene rings is 1. The van der Waals surface area contributed by atoms with Gasteiger partial charge in [-0.05, 0) is 54.9 Å². The summed E-state index contributed by atoms with van der Waals surface area (Å²) in [5.41, 5.74) is 9.71. The van der Waals surface area contributed by atoms with E-state index in [4.69, 9.17) is 10.7 Å². The average Bonchev–Trinajstić information content (AvgIpc) is 3.45. The number of pyridine rings is 1. The largest absolute Gasteiger partial charge is 0.434 e. The molecule has 1 aliphatic carbocycles. The standard InChI is InChI=1S/C26H25F3N6S/c1-16-20(36-19-7-4-10-31-22(19)26(27,28)29)23-32-11-14-35(23)24(33-16)34-12-8-25(9-13-34)15-17-5-2-3-6-18(17)21(25)30/h2-7,10-11,14,21H,8-9,12-13,15,30H2,1H3/t21-/m1/s1. The molecule has 1 spiro atoms. The Bertz CT molecular complexity index is 1440. The quantitative estimate of drug-likeness (QED) is 0.396. The van der Waals surface area contributed by atoms with Crippen molar-refractivity contribution in [2.24, 2.45) is 11.1 Å². The summed E-state index contributed by atoms with van der Waals surface area (Å²) in [6.07, 6.45) is 2.98. The third kappa shape index (κ3) is 3.74. The van der Waals surface area contributed by atoms with Crippen molar-refractivity contribution in [2.75, 3.05) is 18.0 Å². The molecule has 3 aromatic heterocycles. The third-order valence-corrected chi connectivity index (χ3v) is 8.77. The van der Waals surface area contributed by atoms with Crippen LogP contribution in [0.15, 0.2) is 64.8 Å². The topological polar surface area (TPSA) is 72.3 Å². The molecule has 1 saturated heterocycles. The van der Waals surface area contributed by atoms with Crippen LogP contribution in [0.4, 0.5) is 19.1 Å². The Morgan fingerprint density at radius 2 is 1.83 bits per heavy atom. The van der Waals surface area contributed by atoms with Gasteiger partial charge >= 0.3 is 6.18 Å². The predicted molar refractivity (Wildman–Crippen MR) is 132 cm³/mol. The molecular weight excluding hydrogens is 485 g/mol. The number of halogens is 3. The molecule has 0 radical (unpaired) electrons. The molecule has 1 aliphatic heterocycles. The fourth-order valence-corrected chi connectivity index (χ4v) is 6.71. The Morgan fingerprint density at radius 1 is 1.06 bits per heavy atom. The molecule has 4 heterocycles. The summed E-state index contributed by atoms with van der Waals surface area (Å²) in [6, 6.07) is 11.4. The Hall–Kier alpha value is -3.11. The van der Waals surface area contributed by atoms with Crippen molar-refractivity contribution in [1.29, 1.82) is 0 Å². The first-order valence-electron chi connectivity index (χ1n) is 11.9. The van der Waals surface area contributed by atoms with Crippen LogP contribution in [0.2, 0.25) is 0 Å². The van der Waals surface area contributed by atoms with Crippen molar-refractivity contribution in [2.45, 2.75) is 48.2 Å². The zero-order valence-electron chi connectivity index (χ0n) is 19.7. The Labute approximate surface area is 210 Å². The van der Waals surface area contributed by atoms with Crippen LogP contribution in [0.3, 0.4) is 0 Å². The van der Waals surface area contributed by atoms with E-state index in [0.717, 1.165) is 56.3 Å². The molecule has 4 aromatic rings. The number of rotatable bonds is 3. The first kappa shape index (κ1) is 23.3. The Morgan fingerprint density at radius 3 is 2.58 bits per heavy atom. The second-order valence-electron chi connectivity index (χ2n) is 9.60. The molecule has 0 unspecified atom stereocenters. The van der Waals surface area contributed by atoms with Gasteiger partial charge in [0.1, 0.15) is 0 Å². The van der Waals surface area contributed by atoms with Crippen LogP contribution in [0.1, 0.15) is 41.4 Å². The lowest BCUT2D eigenvalue weighted by molar-refractivity contribution is -0.143. The molecule has 6 rings (SSSR count). The van der Waals surface area contributed by atoms with E-state index < -0.39 is 11.9 Å². The first-order chi connectivity index (χ1) is 17.3. The second kappa shape index (κ2) is 8.48. The number of imidazole rings is 1. The van der Waals surface area contributed by atoms with Crippen molar-refractivity contribution in [3.8, 4) is 0 Å². The van der Waals surface area contributed by atoms with E-state index in [0.29, 0.717) is 16.2 Å². The number of fused-ring (bicyclic) bond motifs is 2. The van der Waals surface area contributed by atoms with Gasteiger partial charge in [-0.25, -0.2) is 9.97 Å². The third-order valence-electron chi connectivity index (χ3n) is 7.54. The van der Waals surface area contributed by atoms with Crippen molar-refractivity contribution in [3.63, 3.8) is 0 Å². The second-order valence-corrected chi connectivity index (χ2v) is 10.7. The zero-order valence-corrected chi connectivity index (χ0v) is 20.5. The van der Waals surface area contributed by atoms with E-state index in [9.17, 15) is 13.2 Å². The molecule has 36 heavy (non-hydrogen) atoms. The minimum atomic E-state index is -4.54. The smallest absolute Gasteiger partial charge is 0.342 e. The number of nitrogens with two attached hydrogens (primary N) is 1. The van der Waals surface area contributed by atoms with E-state index in [1.807, 2.05) is 17.5 Å². The van der Waals surface area contributed by atoms with Crippen LogP contribution in [-0.4, -0.2) is 32.4 Å². The normalized spacial score (nSPS) is 19.2. The van der Waals surface area contributed by atoms with Crippen LogP contribution in [0.25, 0.3) is 5.65 Å². The fraction of sp³-hybridized carbons (Fsp3) is 0.346. The van der Waals surface area contributed by atoms with Crippen LogP contribution >= 0.6 is 11.8 Å². The van der Waals surface area contributed by atoms with E-state index in [2.05, 4.69) is 39.1 Å². The van der Waals surface area contributed by atoms with E-state index in [1.54, 1.807) is 6.20 Å². The highest BCUT2D eigenvalue weighted by atomic mass is 32.2. The fourth-order valence-electron chi connectivity index (χ4n) is 5.65. The van der Waals surface area contributed by atoms with Crippen LogP contribution in [0.5, 0.6) is 0 Å². The van der Waals surface area contributed by atoms with Crippen molar-refractivity contribution in [3.05, 3.63) is 77.5 Å². The highest BCUT2D eigenvalue weighted by molar-refractivity contribution is 7.99. The number of hydrogen-bond acceptors (Lipinski definition) is 6. The summed E-state index contributed by atoms with van der Waals surface area (Å²) < 4.78 is 42.4. The number of piperidine rings is 1. The summed E-state index contributed by atoms with van der Waals surface area (Å²) in [4.78, 5) is 15.8. The zero-order chi connectivity index (χ0) is 25.1. The van der Waals surface area contributed by atoms with Gasteiger partial charge in [-0.15, -0.1) is 0 Å². The molecule has 1 aromatic carbocycles. The molecule has 6 nitrogen and oxygen atoms in total. The number of anilines is 1. The van der Waals surface area contributed by atoms with E-state index in [-0.39, 0.29) is 16.4 Å². The molecule has 10 heteroatoms. The van der Waals surface area contributed by atoms with Crippen molar-refractivity contribution >= 4 is 23.4 Å². The van der Waals surface area contributed by atoms with Crippen molar-refractivity contribution in [1.82, 2.24) is 19.4 Å². The lowest BCUT2D eigenvalue weighted by atomic mass is 9.73. The predicted octanol–water partition coefficient (Wildman–Crippen LogP) is 5.45. The molecular formula is C26H25F3N6S. The summed E-state index contributed by atoms with van der Waals surface area (Å²) in [5.74, 6) is 0.755. The summed E-state index contributed by atoms with van der Waals surface area (Å²) in [6.45, 7) is 3.42. The molecule has 1 atom stereocenters. The van der Waals surface area contributed by atoms with Crippen LogP contribution in [-0.2, 0) is 12.6 Å². The number of aryl methyl sites for hydroxylation is 1. The maximum Gasteiger partial charge on any atom is 0.434 e. The summed E-state index contributed by atoms with van der Waals surface area (Å²) in [5, 5.41) is 0. The molecule has 186 valence electrons. The van der Waals surface area contributed by atoms with Gasteiger partial charge in [0.2, 0.25) is 5.95 Å². The minimum Gasteiger partial charge on any atom is -0.342 e. The molecule has 0 saturated carbocycles. The molecule has 0 bridgehead atoms. The summed E-state index contributed by atoms with van der Waals surface area (Å²) >= 11 is 1.00. The summed E-state index contributed by atoms with van der Waals surface area (Å²) in [7, 11) is 0. The number of hydrogen-bond donors (Lipinski definition) is 1. The Balaban J connectivity index is 1.29. The lowest BCUT2D eigenvalue weighted by Crippen LogP contribution is -2.45. The van der Waals surface area contributed by atoms with Gasteiger partial charge in [0.25, 0.3) is 0 Å². The van der Waals surface area contributed by atoms with E-state index in [1.165, 1.54) is 23.3 Å². The number of aromatic nitrogens is 4. The SMILES string of the molecule is Cc1nc(N2CCC3(CC2)Cc2ccccc2[C@H]3N)n2ccnc2c1Sc1cccnc1C(F)(F)F. The van der Waals surface area contributed by atoms with Crippen molar-refractivity contribution < 1.29 is 13.2 Å². The van der Waals surface area contributed by atoms with Gasteiger partial charge in [0.15, 0.2) is 11.3 Å². The van der Waals surface area contributed by atoms with Gasteiger partial charge in [-0.2, -0.15) is 13.2 Å². The highest BCUT2D eigenvalue weighted by Gasteiger charge is 2.46. The monoisotopic (exact) mass is 510 g/mol. The molecule has 0 amide bonds. The average molecular weight is 511 g/mol. The molecule has 2 aliphatic rings. The van der Waals surface area contributed by atoms with Gasteiger partial charge in [0.05, 0.1) is 10.6 Å².